The molecule has 1 aromatic heterocycles. The average molecular weight is 479 g/mol. The van der Waals surface area contributed by atoms with Gasteiger partial charge in [-0.3, -0.25) is 4.99 Å². The van der Waals surface area contributed by atoms with Gasteiger partial charge in [0.1, 0.15) is 0 Å². The number of nitrogens with zero attached hydrogens (tertiary/aromatic N) is 3. The third-order valence-electron chi connectivity index (χ3n) is 4.30. The molecule has 0 bridgehead atoms. The molecule has 2 N–H and O–H groups in total. The Morgan fingerprint density at radius 3 is 2.72 bits per heavy atom. The maximum Gasteiger partial charge on any atom is 0.191 e. The fourth-order valence-electron chi connectivity index (χ4n) is 3.07. The van der Waals surface area contributed by atoms with E-state index in [0.717, 1.165) is 37.6 Å². The Bertz CT molecular complexity index is 497. The van der Waals surface area contributed by atoms with Crippen LogP contribution in [0.3, 0.4) is 0 Å². The van der Waals surface area contributed by atoms with E-state index in [1.54, 1.807) is 11.3 Å². The van der Waals surface area contributed by atoms with E-state index < -0.39 is 0 Å². The van der Waals surface area contributed by atoms with Crippen LogP contribution >= 0.6 is 35.3 Å². The van der Waals surface area contributed by atoms with Gasteiger partial charge in [-0.05, 0) is 46.1 Å². The van der Waals surface area contributed by atoms with Crippen LogP contribution in [0.2, 0.25) is 0 Å². The van der Waals surface area contributed by atoms with Crippen molar-refractivity contribution in [1.29, 1.82) is 0 Å². The number of hydrogen-bond acceptors (Lipinski definition) is 4. The molecule has 1 aromatic rings. The molecule has 0 saturated carbocycles. The van der Waals surface area contributed by atoms with E-state index in [2.05, 4.69) is 46.7 Å². The van der Waals surface area contributed by atoms with Crippen molar-refractivity contribution in [3.63, 3.8) is 0 Å². The monoisotopic (exact) mass is 479 g/mol. The lowest BCUT2D eigenvalue weighted by Crippen LogP contribution is -2.48. The molecule has 25 heavy (non-hydrogen) atoms. The van der Waals surface area contributed by atoms with E-state index in [0.29, 0.717) is 6.04 Å². The molecule has 1 saturated heterocycles. The molecule has 5 nitrogen and oxygen atoms in total. The topological polar surface area (TPSA) is 52.5 Å². The first kappa shape index (κ1) is 22.6. The lowest BCUT2D eigenvalue weighted by Gasteiger charge is -2.32. The van der Waals surface area contributed by atoms with Crippen molar-refractivity contribution < 1.29 is 0 Å². The van der Waals surface area contributed by atoms with Crippen molar-refractivity contribution in [2.75, 3.05) is 32.7 Å². The van der Waals surface area contributed by atoms with Gasteiger partial charge in [-0.25, -0.2) is 4.98 Å². The van der Waals surface area contributed by atoms with Crippen molar-refractivity contribution in [3.8, 4) is 0 Å². The van der Waals surface area contributed by atoms with E-state index in [1.807, 2.05) is 0 Å². The minimum atomic E-state index is 0. The number of rotatable bonds is 8. The van der Waals surface area contributed by atoms with Crippen LogP contribution < -0.4 is 10.6 Å². The zero-order chi connectivity index (χ0) is 17.2. The lowest BCUT2D eigenvalue weighted by molar-refractivity contribution is 0.206. The first-order chi connectivity index (χ1) is 11.7. The minimum absolute atomic E-state index is 0. The van der Waals surface area contributed by atoms with Crippen LogP contribution in [0.15, 0.2) is 10.4 Å². The summed E-state index contributed by atoms with van der Waals surface area (Å²) in [7, 11) is 0. The highest BCUT2D eigenvalue weighted by atomic mass is 127. The SMILES string of the molecule is CCCN1CCC(NC(=NCCCc2nc(C)cs2)NCC)CC1.I. The molecular weight excluding hydrogens is 445 g/mol. The molecule has 7 heteroatoms. The number of guanidine groups is 1. The second-order valence-electron chi connectivity index (χ2n) is 6.51. The summed E-state index contributed by atoms with van der Waals surface area (Å²) in [5, 5.41) is 10.3. The number of aliphatic imine (C=N–C) groups is 1. The zero-order valence-corrected chi connectivity index (χ0v) is 19.0. The first-order valence-electron chi connectivity index (χ1n) is 9.39. The fourth-order valence-corrected chi connectivity index (χ4v) is 3.89. The van der Waals surface area contributed by atoms with E-state index in [-0.39, 0.29) is 24.0 Å². The van der Waals surface area contributed by atoms with Gasteiger partial charge < -0.3 is 15.5 Å². The van der Waals surface area contributed by atoms with Crippen molar-refractivity contribution in [1.82, 2.24) is 20.5 Å². The van der Waals surface area contributed by atoms with Crippen LogP contribution in [0.4, 0.5) is 0 Å². The number of halogens is 1. The van der Waals surface area contributed by atoms with Crippen molar-refractivity contribution in [3.05, 3.63) is 16.1 Å². The van der Waals surface area contributed by atoms with Gasteiger partial charge in [0.25, 0.3) is 0 Å². The second kappa shape index (κ2) is 12.9. The van der Waals surface area contributed by atoms with Crippen LogP contribution in [0.5, 0.6) is 0 Å². The van der Waals surface area contributed by atoms with Gasteiger partial charge in [-0.15, -0.1) is 35.3 Å². The van der Waals surface area contributed by atoms with Crippen LogP contribution in [0.25, 0.3) is 0 Å². The van der Waals surface area contributed by atoms with Gasteiger partial charge in [0.2, 0.25) is 0 Å². The Morgan fingerprint density at radius 1 is 1.36 bits per heavy atom. The maximum absolute atomic E-state index is 4.74. The molecular formula is C18H34IN5S. The molecule has 1 aliphatic heterocycles. The predicted octanol–water partition coefficient (Wildman–Crippen LogP) is 3.43. The Labute approximate surface area is 174 Å². The van der Waals surface area contributed by atoms with E-state index >= 15 is 0 Å². The number of nitrogens with one attached hydrogen (secondary N) is 2. The molecule has 144 valence electrons. The number of aryl methyl sites for hydroxylation is 2. The third-order valence-corrected chi connectivity index (χ3v) is 5.32. The molecule has 0 aliphatic carbocycles. The number of piperidine rings is 1. The molecule has 1 fully saturated rings. The van der Waals surface area contributed by atoms with Crippen molar-refractivity contribution >= 4 is 41.3 Å². The first-order valence-corrected chi connectivity index (χ1v) is 10.3. The molecule has 0 aromatic carbocycles. The van der Waals surface area contributed by atoms with E-state index in [4.69, 9.17) is 4.99 Å². The van der Waals surface area contributed by atoms with Crippen molar-refractivity contribution in [2.24, 2.45) is 4.99 Å². The standard InChI is InChI=1S/C18H33N5S.HI/c1-4-11-23-12-8-16(9-13-23)22-18(19-5-2)20-10-6-7-17-21-15(3)14-24-17;/h14,16H,4-13H2,1-3H3,(H2,19,20,22);1H. The molecule has 0 amide bonds. The number of likely N-dealkylation sites (tertiary alicyclic amines) is 1. The van der Waals surface area contributed by atoms with E-state index in [1.165, 1.54) is 43.9 Å². The summed E-state index contributed by atoms with van der Waals surface area (Å²) in [6.45, 7) is 11.8. The summed E-state index contributed by atoms with van der Waals surface area (Å²) in [6.07, 6.45) is 5.75. The van der Waals surface area contributed by atoms with Crippen LogP contribution in [-0.4, -0.2) is 54.6 Å². The normalized spacial score (nSPS) is 16.5. The maximum atomic E-state index is 4.74. The Kier molecular flexibility index (Phi) is 11.6. The molecule has 0 atom stereocenters. The number of hydrogen-bond donors (Lipinski definition) is 2. The van der Waals surface area contributed by atoms with Crippen LogP contribution in [-0.2, 0) is 6.42 Å². The predicted molar refractivity (Wildman–Crippen MR) is 119 cm³/mol. The Balaban J connectivity index is 0.00000312. The van der Waals surface area contributed by atoms with Crippen molar-refractivity contribution in [2.45, 2.75) is 58.9 Å². The summed E-state index contributed by atoms with van der Waals surface area (Å²) >= 11 is 1.76. The van der Waals surface area contributed by atoms with Gasteiger partial charge in [-0.1, -0.05) is 6.92 Å². The molecule has 1 aliphatic rings. The summed E-state index contributed by atoms with van der Waals surface area (Å²) in [5.41, 5.74) is 1.13. The Morgan fingerprint density at radius 2 is 2.12 bits per heavy atom. The second-order valence-corrected chi connectivity index (χ2v) is 7.45. The molecule has 0 unspecified atom stereocenters. The molecule has 0 spiro atoms. The van der Waals surface area contributed by atoms with Crippen LogP contribution in [0.1, 0.15) is 50.2 Å². The minimum Gasteiger partial charge on any atom is -0.357 e. The summed E-state index contributed by atoms with van der Waals surface area (Å²) in [4.78, 5) is 11.8. The fraction of sp³-hybridized carbons (Fsp3) is 0.778. The molecule has 2 rings (SSSR count). The number of thiazole rings is 1. The highest BCUT2D eigenvalue weighted by Gasteiger charge is 2.19. The molecule has 2 heterocycles. The third kappa shape index (κ3) is 8.68. The lowest BCUT2D eigenvalue weighted by atomic mass is 10.1. The Hall–Kier alpha value is -0.410. The summed E-state index contributed by atoms with van der Waals surface area (Å²) < 4.78 is 0. The summed E-state index contributed by atoms with van der Waals surface area (Å²) in [6, 6.07) is 0.553. The quantitative estimate of drug-likeness (QED) is 0.260. The number of aromatic nitrogens is 1. The van der Waals surface area contributed by atoms with Gasteiger partial charge in [-0.2, -0.15) is 0 Å². The molecule has 0 radical (unpaired) electrons. The van der Waals surface area contributed by atoms with Crippen LogP contribution in [0, 0.1) is 6.92 Å². The van der Waals surface area contributed by atoms with Gasteiger partial charge in [0, 0.05) is 49.7 Å². The van der Waals surface area contributed by atoms with E-state index in [9.17, 15) is 0 Å². The van der Waals surface area contributed by atoms with Gasteiger partial charge >= 0.3 is 0 Å². The van der Waals surface area contributed by atoms with Gasteiger partial charge in [0.05, 0.1) is 5.01 Å². The summed E-state index contributed by atoms with van der Waals surface area (Å²) in [5.74, 6) is 0.974. The average Bonchev–Trinajstić information content (AvgIpc) is 2.99. The highest BCUT2D eigenvalue weighted by Crippen LogP contribution is 2.11. The van der Waals surface area contributed by atoms with Gasteiger partial charge in [0.15, 0.2) is 5.96 Å². The smallest absolute Gasteiger partial charge is 0.191 e. The highest BCUT2D eigenvalue weighted by molar-refractivity contribution is 14.0. The largest absolute Gasteiger partial charge is 0.357 e. The zero-order valence-electron chi connectivity index (χ0n) is 15.9.